The number of hydrogen-bond acceptors (Lipinski definition) is 5. The number of nitrogens with zero attached hydrogens (tertiary/aromatic N) is 6. The van der Waals surface area contributed by atoms with Crippen LogP contribution in [0, 0.1) is 0 Å². The van der Waals surface area contributed by atoms with Crippen LogP contribution in [0.15, 0.2) is 61.1 Å². The SMILES string of the molecule is Clc1cccc(Cl)c1OCn1ccc(-c2nc3c4ccccc4ncn3n2)n1. The quantitative estimate of drug-likeness (QED) is 0.436. The van der Waals surface area contributed by atoms with Gasteiger partial charge in [-0.1, -0.05) is 41.4 Å². The van der Waals surface area contributed by atoms with Crippen LogP contribution in [0.3, 0.4) is 0 Å². The highest BCUT2D eigenvalue weighted by atomic mass is 35.5. The summed E-state index contributed by atoms with van der Waals surface area (Å²) in [5.74, 6) is 0.930. The zero-order valence-corrected chi connectivity index (χ0v) is 15.8. The molecule has 0 fully saturated rings. The fourth-order valence-electron chi connectivity index (χ4n) is 2.89. The van der Waals surface area contributed by atoms with E-state index in [1.165, 1.54) is 0 Å². The molecule has 0 saturated carbocycles. The molecule has 2 aromatic carbocycles. The maximum atomic E-state index is 6.12. The Morgan fingerprint density at radius 3 is 2.61 bits per heavy atom. The van der Waals surface area contributed by atoms with Crippen molar-refractivity contribution in [2.24, 2.45) is 0 Å². The second-order valence-corrected chi connectivity index (χ2v) is 6.84. The molecule has 0 aliphatic carbocycles. The summed E-state index contributed by atoms with van der Waals surface area (Å²) >= 11 is 12.2. The van der Waals surface area contributed by atoms with Gasteiger partial charge in [-0.05, 0) is 30.3 Å². The molecule has 0 bridgehead atoms. The molecule has 0 atom stereocenters. The monoisotopic (exact) mass is 410 g/mol. The van der Waals surface area contributed by atoms with Crippen molar-refractivity contribution in [1.82, 2.24) is 29.4 Å². The van der Waals surface area contributed by atoms with Crippen molar-refractivity contribution in [2.75, 3.05) is 0 Å². The molecule has 138 valence electrons. The van der Waals surface area contributed by atoms with E-state index in [4.69, 9.17) is 27.9 Å². The third kappa shape index (κ3) is 2.94. The Morgan fingerprint density at radius 2 is 1.75 bits per heavy atom. The van der Waals surface area contributed by atoms with Gasteiger partial charge in [-0.2, -0.15) is 5.10 Å². The Bertz CT molecular complexity index is 1290. The second kappa shape index (κ2) is 6.78. The molecular formula is C19H12Cl2N6O. The molecule has 5 aromatic rings. The Morgan fingerprint density at radius 1 is 0.929 bits per heavy atom. The average molecular weight is 411 g/mol. The van der Waals surface area contributed by atoms with Gasteiger partial charge >= 0.3 is 0 Å². The molecule has 9 heteroatoms. The summed E-state index contributed by atoms with van der Waals surface area (Å²) in [6, 6.07) is 14.8. The van der Waals surface area contributed by atoms with Gasteiger partial charge in [0.05, 0.1) is 15.6 Å². The zero-order chi connectivity index (χ0) is 19.1. The summed E-state index contributed by atoms with van der Waals surface area (Å²) < 4.78 is 8.97. The van der Waals surface area contributed by atoms with Crippen LogP contribution in [0.1, 0.15) is 0 Å². The molecule has 0 aliphatic rings. The van der Waals surface area contributed by atoms with Crippen LogP contribution in [0.2, 0.25) is 10.0 Å². The number of aromatic nitrogens is 6. The molecule has 0 radical (unpaired) electrons. The smallest absolute Gasteiger partial charge is 0.202 e. The van der Waals surface area contributed by atoms with Gasteiger partial charge in [0, 0.05) is 11.6 Å². The molecule has 28 heavy (non-hydrogen) atoms. The second-order valence-electron chi connectivity index (χ2n) is 6.03. The van der Waals surface area contributed by atoms with Gasteiger partial charge in [-0.15, -0.1) is 5.10 Å². The molecule has 0 aliphatic heterocycles. The van der Waals surface area contributed by atoms with Crippen molar-refractivity contribution >= 4 is 39.8 Å². The standard InChI is InChI=1S/C19H12Cl2N6O/c20-13-5-3-6-14(21)17(13)28-11-26-9-8-16(24-26)18-23-19-12-4-1-2-7-15(12)22-10-27(19)25-18/h1-10H,11H2. The van der Waals surface area contributed by atoms with E-state index in [1.807, 2.05) is 30.3 Å². The van der Waals surface area contributed by atoms with Crippen LogP contribution in [-0.4, -0.2) is 29.4 Å². The molecular weight excluding hydrogens is 399 g/mol. The first kappa shape index (κ1) is 17.0. The lowest BCUT2D eigenvalue weighted by Crippen LogP contribution is -2.06. The fraction of sp³-hybridized carbons (Fsp3) is 0.0526. The van der Waals surface area contributed by atoms with Crippen LogP contribution in [0.4, 0.5) is 0 Å². The van der Waals surface area contributed by atoms with Crippen LogP contribution in [0.5, 0.6) is 5.75 Å². The molecule has 0 unspecified atom stereocenters. The van der Waals surface area contributed by atoms with Gasteiger partial charge < -0.3 is 4.74 Å². The average Bonchev–Trinajstić information content (AvgIpc) is 3.34. The minimum absolute atomic E-state index is 0.154. The summed E-state index contributed by atoms with van der Waals surface area (Å²) in [4.78, 5) is 9.01. The number of para-hydroxylation sites is 2. The summed E-state index contributed by atoms with van der Waals surface area (Å²) in [5, 5.41) is 10.8. The van der Waals surface area contributed by atoms with E-state index >= 15 is 0 Å². The lowest BCUT2D eigenvalue weighted by molar-refractivity contribution is 0.221. The van der Waals surface area contributed by atoms with Crippen LogP contribution in [-0.2, 0) is 6.73 Å². The van der Waals surface area contributed by atoms with E-state index in [-0.39, 0.29) is 6.73 Å². The maximum absolute atomic E-state index is 6.12. The summed E-state index contributed by atoms with van der Waals surface area (Å²) in [6.45, 7) is 0.154. The number of ether oxygens (including phenoxy) is 1. The van der Waals surface area contributed by atoms with Gasteiger partial charge in [0.15, 0.2) is 18.1 Å². The summed E-state index contributed by atoms with van der Waals surface area (Å²) in [5.41, 5.74) is 2.22. The Balaban J connectivity index is 1.44. The molecule has 0 N–H and O–H groups in total. The van der Waals surface area contributed by atoms with Crippen LogP contribution < -0.4 is 4.74 Å². The lowest BCUT2D eigenvalue weighted by Gasteiger charge is -2.09. The third-order valence-electron chi connectivity index (χ3n) is 4.21. The number of benzene rings is 2. The van der Waals surface area contributed by atoms with Gasteiger partial charge in [-0.3, -0.25) is 0 Å². The van der Waals surface area contributed by atoms with Gasteiger partial charge in [0.25, 0.3) is 0 Å². The van der Waals surface area contributed by atoms with E-state index in [0.29, 0.717) is 27.3 Å². The topological polar surface area (TPSA) is 70.1 Å². The minimum Gasteiger partial charge on any atom is -0.468 e. The van der Waals surface area contributed by atoms with E-state index in [9.17, 15) is 0 Å². The first-order valence-corrected chi connectivity index (χ1v) is 9.15. The maximum Gasteiger partial charge on any atom is 0.202 e. The Kier molecular flexibility index (Phi) is 4.11. The Hall–Kier alpha value is -3.16. The van der Waals surface area contributed by atoms with Gasteiger partial charge in [-0.25, -0.2) is 19.2 Å². The summed E-state index contributed by atoms with van der Waals surface area (Å²) in [6.07, 6.45) is 3.43. The molecule has 3 heterocycles. The predicted octanol–water partition coefficient (Wildman–Crippen LogP) is 4.48. The van der Waals surface area contributed by atoms with Crippen molar-refractivity contribution in [2.45, 2.75) is 6.73 Å². The highest BCUT2D eigenvalue weighted by Gasteiger charge is 2.13. The number of halogens is 2. The lowest BCUT2D eigenvalue weighted by atomic mass is 10.2. The molecule has 0 spiro atoms. The molecule has 0 amide bonds. The first-order valence-electron chi connectivity index (χ1n) is 8.40. The normalized spacial score (nSPS) is 11.4. The minimum atomic E-state index is 0.154. The largest absolute Gasteiger partial charge is 0.468 e. The van der Waals surface area contributed by atoms with Crippen molar-refractivity contribution in [3.05, 3.63) is 71.1 Å². The molecule has 0 saturated heterocycles. The number of hydrogen-bond donors (Lipinski definition) is 0. The first-order chi connectivity index (χ1) is 13.7. The van der Waals surface area contributed by atoms with Crippen LogP contribution >= 0.6 is 23.2 Å². The van der Waals surface area contributed by atoms with Crippen molar-refractivity contribution in [3.8, 4) is 17.3 Å². The van der Waals surface area contributed by atoms with E-state index < -0.39 is 0 Å². The fourth-order valence-corrected chi connectivity index (χ4v) is 3.40. The number of fused-ring (bicyclic) bond motifs is 3. The van der Waals surface area contributed by atoms with Gasteiger partial charge in [0.2, 0.25) is 5.82 Å². The molecule has 7 nitrogen and oxygen atoms in total. The van der Waals surface area contributed by atoms with Crippen LogP contribution in [0.25, 0.3) is 28.1 Å². The van der Waals surface area contributed by atoms with Crippen molar-refractivity contribution in [1.29, 1.82) is 0 Å². The molecule has 3 aromatic heterocycles. The van der Waals surface area contributed by atoms with E-state index in [0.717, 1.165) is 16.6 Å². The van der Waals surface area contributed by atoms with E-state index in [1.54, 1.807) is 39.9 Å². The number of rotatable bonds is 4. The molecule has 5 rings (SSSR count). The van der Waals surface area contributed by atoms with E-state index in [2.05, 4.69) is 20.2 Å². The predicted molar refractivity (Wildman–Crippen MR) is 107 cm³/mol. The zero-order valence-electron chi connectivity index (χ0n) is 14.3. The highest BCUT2D eigenvalue weighted by Crippen LogP contribution is 2.32. The van der Waals surface area contributed by atoms with Crippen molar-refractivity contribution < 1.29 is 4.74 Å². The Labute approximate surface area is 169 Å². The highest BCUT2D eigenvalue weighted by molar-refractivity contribution is 6.37. The third-order valence-corrected chi connectivity index (χ3v) is 4.81. The van der Waals surface area contributed by atoms with Crippen molar-refractivity contribution in [3.63, 3.8) is 0 Å². The summed E-state index contributed by atoms with van der Waals surface area (Å²) in [7, 11) is 0. The van der Waals surface area contributed by atoms with Gasteiger partial charge in [0.1, 0.15) is 12.0 Å².